The first-order chi connectivity index (χ1) is 18.7. The lowest BCUT2D eigenvalue weighted by Gasteiger charge is -2.29. The maximum absolute atomic E-state index is 14.0. The number of rotatable bonds is 7. The molecule has 5 rings (SSSR count). The number of nitrogens with one attached hydrogen (secondary N) is 1. The highest BCUT2D eigenvalue weighted by Crippen LogP contribution is 2.33. The summed E-state index contributed by atoms with van der Waals surface area (Å²) in [7, 11) is 0. The number of benzene rings is 3. The van der Waals surface area contributed by atoms with E-state index in [0.29, 0.717) is 30.7 Å². The number of aryl methyl sites for hydroxylation is 1. The lowest BCUT2D eigenvalue weighted by Crippen LogP contribution is -2.41. The van der Waals surface area contributed by atoms with E-state index in [2.05, 4.69) is 5.32 Å². The van der Waals surface area contributed by atoms with E-state index in [1.807, 2.05) is 35.8 Å². The van der Waals surface area contributed by atoms with E-state index in [1.54, 1.807) is 17.0 Å². The molecule has 0 unspecified atom stereocenters. The molecule has 0 saturated carbocycles. The summed E-state index contributed by atoms with van der Waals surface area (Å²) in [6, 6.07) is 14.4. The van der Waals surface area contributed by atoms with Crippen molar-refractivity contribution < 1.29 is 22.4 Å². The van der Waals surface area contributed by atoms with Crippen molar-refractivity contribution in [3.63, 3.8) is 0 Å². The van der Waals surface area contributed by atoms with Crippen LogP contribution >= 0.6 is 0 Å². The second-order valence-electron chi connectivity index (χ2n) is 9.72. The van der Waals surface area contributed by atoms with Gasteiger partial charge in [-0.25, -0.2) is 22.5 Å². The summed E-state index contributed by atoms with van der Waals surface area (Å²) < 4.78 is 56.4. The fourth-order valence-electron chi connectivity index (χ4n) is 4.68. The molecule has 6 nitrogen and oxygen atoms in total. The number of amides is 1. The fraction of sp³-hybridized carbons (Fsp3) is 0.241. The van der Waals surface area contributed by atoms with Gasteiger partial charge in [0.2, 0.25) is 5.91 Å². The van der Waals surface area contributed by atoms with Crippen molar-refractivity contribution in [2.45, 2.75) is 38.9 Å². The molecule has 1 amide bonds. The van der Waals surface area contributed by atoms with Crippen molar-refractivity contribution in [1.82, 2.24) is 14.5 Å². The van der Waals surface area contributed by atoms with Crippen molar-refractivity contribution in [3.05, 3.63) is 101 Å². The molecular weight excluding hydrogens is 510 g/mol. The molecule has 39 heavy (non-hydrogen) atoms. The lowest BCUT2D eigenvalue weighted by atomic mass is 10.0. The molecule has 0 fully saturated rings. The van der Waals surface area contributed by atoms with Gasteiger partial charge >= 0.3 is 0 Å². The smallest absolute Gasteiger partial charge is 0.224 e. The molecule has 202 valence electrons. The molecule has 0 spiro atoms. The van der Waals surface area contributed by atoms with Crippen LogP contribution in [0.3, 0.4) is 0 Å². The van der Waals surface area contributed by atoms with Crippen molar-refractivity contribution >= 4 is 17.4 Å². The first-order valence-corrected chi connectivity index (χ1v) is 12.5. The number of hydrogen-bond acceptors (Lipinski definition) is 4. The monoisotopic (exact) mass is 537 g/mol. The Hall–Kier alpha value is -4.18. The molecule has 3 N–H and O–H groups in total. The highest BCUT2D eigenvalue weighted by molar-refractivity contribution is 5.79. The Balaban J connectivity index is 1.35. The number of nitrogens with zero attached hydrogens (tertiary/aromatic N) is 3. The lowest BCUT2D eigenvalue weighted by molar-refractivity contribution is -0.133. The number of nitrogens with two attached hydrogens (primary N) is 1. The molecule has 1 atom stereocenters. The molecule has 2 heterocycles. The third-order valence-corrected chi connectivity index (χ3v) is 6.77. The molecular formula is C29H27F4N5O. The van der Waals surface area contributed by atoms with Gasteiger partial charge < -0.3 is 20.5 Å². The van der Waals surface area contributed by atoms with Crippen LogP contribution < -0.4 is 11.1 Å². The van der Waals surface area contributed by atoms with Gasteiger partial charge in [-0.05, 0) is 61.4 Å². The first-order valence-electron chi connectivity index (χ1n) is 12.5. The van der Waals surface area contributed by atoms with Crippen molar-refractivity contribution in [1.29, 1.82) is 0 Å². The predicted octanol–water partition coefficient (Wildman–Crippen LogP) is 5.46. The van der Waals surface area contributed by atoms with Gasteiger partial charge in [0.05, 0.1) is 6.54 Å². The SMILES string of the molecule is Cc1ccc(Nc2c(-c3ccc(F)cc3)nc3n2CCN(C(=O)C[C@@H](N)Cc2cc(F)c(F)cc2F)C3)cc1. The van der Waals surface area contributed by atoms with Crippen molar-refractivity contribution in [3.8, 4) is 11.3 Å². The Bertz CT molecular complexity index is 1500. The second-order valence-corrected chi connectivity index (χ2v) is 9.72. The van der Waals surface area contributed by atoms with Crippen LogP contribution in [0.5, 0.6) is 0 Å². The van der Waals surface area contributed by atoms with Crippen LogP contribution in [0.2, 0.25) is 0 Å². The normalized spacial score (nSPS) is 13.7. The summed E-state index contributed by atoms with van der Waals surface area (Å²) in [5.41, 5.74) is 9.34. The summed E-state index contributed by atoms with van der Waals surface area (Å²) in [4.78, 5) is 19.5. The average molecular weight is 538 g/mol. The zero-order valence-electron chi connectivity index (χ0n) is 21.2. The molecule has 4 aromatic rings. The van der Waals surface area contributed by atoms with Gasteiger partial charge in [-0.3, -0.25) is 4.79 Å². The van der Waals surface area contributed by atoms with Gasteiger partial charge in [0.1, 0.15) is 29.0 Å². The van der Waals surface area contributed by atoms with Crippen LogP contribution in [-0.4, -0.2) is 32.9 Å². The minimum absolute atomic E-state index is 0.0841. The third-order valence-electron chi connectivity index (χ3n) is 6.77. The Kier molecular flexibility index (Phi) is 7.38. The molecule has 0 bridgehead atoms. The number of hydrogen-bond donors (Lipinski definition) is 2. The number of carbonyl (C=O) groups is 1. The zero-order valence-corrected chi connectivity index (χ0v) is 21.2. The van der Waals surface area contributed by atoms with Gasteiger partial charge in [-0.2, -0.15) is 0 Å². The minimum atomic E-state index is -1.28. The molecule has 0 aliphatic carbocycles. The van der Waals surface area contributed by atoms with Gasteiger partial charge in [0.25, 0.3) is 0 Å². The average Bonchev–Trinajstić information content (AvgIpc) is 3.26. The number of imidazole rings is 1. The largest absolute Gasteiger partial charge is 0.340 e. The van der Waals surface area contributed by atoms with Gasteiger partial charge in [-0.15, -0.1) is 0 Å². The molecule has 1 aliphatic rings. The number of anilines is 2. The summed E-state index contributed by atoms with van der Waals surface area (Å²) in [5, 5.41) is 3.43. The summed E-state index contributed by atoms with van der Waals surface area (Å²) in [6.45, 7) is 3.06. The summed E-state index contributed by atoms with van der Waals surface area (Å²) >= 11 is 0. The van der Waals surface area contributed by atoms with Crippen LogP contribution in [0, 0.1) is 30.2 Å². The molecule has 1 aliphatic heterocycles. The second kappa shape index (κ2) is 10.9. The van der Waals surface area contributed by atoms with E-state index < -0.39 is 23.5 Å². The Morgan fingerprint density at radius 3 is 2.38 bits per heavy atom. The number of halogens is 4. The van der Waals surface area contributed by atoms with E-state index >= 15 is 0 Å². The highest BCUT2D eigenvalue weighted by atomic mass is 19.2. The van der Waals surface area contributed by atoms with Gasteiger partial charge in [0.15, 0.2) is 11.6 Å². The topological polar surface area (TPSA) is 76.2 Å². The molecule has 3 aromatic carbocycles. The van der Waals surface area contributed by atoms with Crippen LogP contribution in [0.1, 0.15) is 23.4 Å². The van der Waals surface area contributed by atoms with E-state index in [1.165, 1.54) is 12.1 Å². The summed E-state index contributed by atoms with van der Waals surface area (Å²) in [5.74, 6) is -2.58. The maximum atomic E-state index is 14.0. The number of carbonyl (C=O) groups excluding carboxylic acids is 1. The van der Waals surface area contributed by atoms with Crippen LogP contribution in [0.15, 0.2) is 60.7 Å². The minimum Gasteiger partial charge on any atom is -0.340 e. The van der Waals surface area contributed by atoms with Gasteiger partial charge in [0, 0.05) is 42.9 Å². The molecule has 0 radical (unpaired) electrons. The molecule has 0 saturated heterocycles. The van der Waals surface area contributed by atoms with E-state index in [9.17, 15) is 22.4 Å². The first kappa shape index (κ1) is 26.4. The van der Waals surface area contributed by atoms with Crippen LogP contribution in [0.25, 0.3) is 11.3 Å². The fourth-order valence-corrected chi connectivity index (χ4v) is 4.68. The molecule has 10 heteroatoms. The Labute approximate surface area is 223 Å². The van der Waals surface area contributed by atoms with E-state index in [-0.39, 0.29) is 36.7 Å². The summed E-state index contributed by atoms with van der Waals surface area (Å²) in [6.07, 6.45) is -0.213. The van der Waals surface area contributed by atoms with Crippen LogP contribution in [-0.2, 0) is 24.3 Å². The quantitative estimate of drug-likeness (QED) is 0.243. The standard InChI is InChI=1S/C29H27F4N5O/c1-17-2-8-22(9-3-17)35-29-28(18-4-6-20(30)7-5-18)36-26-16-37(10-11-38(26)29)27(39)14-21(34)12-19-13-24(32)25(33)15-23(19)31/h2-9,13,15,21,35H,10-12,14,16,34H2,1H3/t21-/m0/s1. The van der Waals surface area contributed by atoms with Crippen molar-refractivity contribution in [2.24, 2.45) is 5.73 Å². The van der Waals surface area contributed by atoms with Gasteiger partial charge in [-0.1, -0.05) is 17.7 Å². The van der Waals surface area contributed by atoms with Crippen LogP contribution in [0.4, 0.5) is 29.1 Å². The number of aromatic nitrogens is 2. The molecule has 1 aromatic heterocycles. The highest BCUT2D eigenvalue weighted by Gasteiger charge is 2.28. The third kappa shape index (κ3) is 5.80. The zero-order chi connectivity index (χ0) is 27.7. The Morgan fingerprint density at radius 1 is 0.974 bits per heavy atom. The van der Waals surface area contributed by atoms with E-state index in [4.69, 9.17) is 10.7 Å². The van der Waals surface area contributed by atoms with Crippen molar-refractivity contribution in [2.75, 3.05) is 11.9 Å². The maximum Gasteiger partial charge on any atom is 0.224 e. The Morgan fingerprint density at radius 2 is 1.67 bits per heavy atom. The predicted molar refractivity (Wildman–Crippen MR) is 140 cm³/mol. The number of fused-ring (bicyclic) bond motifs is 1. The van der Waals surface area contributed by atoms with E-state index in [0.717, 1.165) is 28.7 Å².